The van der Waals surface area contributed by atoms with Crippen LogP contribution in [0.4, 0.5) is 15.3 Å². The number of amides is 2. The fourth-order valence-corrected chi connectivity index (χ4v) is 4.75. The SMILES string of the molecule is CC(C)(C)OC(=O)N1CCC(Oc2ccc(N3CCN(C(=O)OC(C)(C)C)CC3)c3ccccc23)CC1. The van der Waals surface area contributed by atoms with Gasteiger partial charge >= 0.3 is 12.2 Å². The molecule has 0 N–H and O–H groups in total. The first-order valence-electron chi connectivity index (χ1n) is 13.3. The van der Waals surface area contributed by atoms with Crippen LogP contribution in [0.3, 0.4) is 0 Å². The van der Waals surface area contributed by atoms with Gasteiger partial charge in [0.15, 0.2) is 0 Å². The van der Waals surface area contributed by atoms with Crippen molar-refractivity contribution < 1.29 is 23.8 Å². The van der Waals surface area contributed by atoms with E-state index in [0.717, 1.165) is 48.1 Å². The lowest BCUT2D eigenvalue weighted by atomic mass is 10.0. The molecule has 2 aromatic rings. The summed E-state index contributed by atoms with van der Waals surface area (Å²) in [5.74, 6) is 0.863. The van der Waals surface area contributed by atoms with Gasteiger partial charge in [-0.05, 0) is 53.7 Å². The van der Waals surface area contributed by atoms with Crippen LogP contribution in [-0.4, -0.2) is 78.6 Å². The fraction of sp³-hybridized carbons (Fsp3) is 0.586. The largest absolute Gasteiger partial charge is 0.490 e. The summed E-state index contributed by atoms with van der Waals surface area (Å²) in [5.41, 5.74) is 0.159. The van der Waals surface area contributed by atoms with Crippen LogP contribution in [0.15, 0.2) is 36.4 Å². The van der Waals surface area contributed by atoms with E-state index in [9.17, 15) is 9.59 Å². The van der Waals surface area contributed by atoms with Gasteiger partial charge in [0.25, 0.3) is 0 Å². The Bertz CT molecular complexity index is 1100. The average Bonchev–Trinajstić information content (AvgIpc) is 2.83. The molecule has 8 nitrogen and oxygen atoms in total. The maximum Gasteiger partial charge on any atom is 0.410 e. The van der Waals surface area contributed by atoms with E-state index >= 15 is 0 Å². The van der Waals surface area contributed by atoms with Crippen LogP contribution in [0.5, 0.6) is 5.75 Å². The van der Waals surface area contributed by atoms with Crippen molar-refractivity contribution in [3.05, 3.63) is 36.4 Å². The van der Waals surface area contributed by atoms with Crippen molar-refractivity contribution in [2.24, 2.45) is 0 Å². The van der Waals surface area contributed by atoms with Crippen LogP contribution >= 0.6 is 0 Å². The van der Waals surface area contributed by atoms with E-state index in [0.29, 0.717) is 26.2 Å². The minimum Gasteiger partial charge on any atom is -0.490 e. The first-order valence-corrected chi connectivity index (χ1v) is 13.3. The second-order valence-electron chi connectivity index (χ2n) is 11.9. The van der Waals surface area contributed by atoms with E-state index < -0.39 is 11.2 Å². The van der Waals surface area contributed by atoms with Gasteiger partial charge < -0.3 is 28.9 Å². The molecule has 0 aromatic heterocycles. The zero-order valence-electron chi connectivity index (χ0n) is 23.1. The second-order valence-corrected chi connectivity index (χ2v) is 11.9. The first kappa shape index (κ1) is 26.9. The summed E-state index contributed by atoms with van der Waals surface area (Å²) in [6, 6.07) is 12.5. The minimum absolute atomic E-state index is 0.0466. The summed E-state index contributed by atoms with van der Waals surface area (Å²) in [5, 5.41) is 2.21. The van der Waals surface area contributed by atoms with Crippen LogP contribution in [0.25, 0.3) is 10.8 Å². The minimum atomic E-state index is -0.493. The molecule has 0 aliphatic carbocycles. The Morgan fingerprint density at radius 2 is 1.22 bits per heavy atom. The standard InChI is InChI=1S/C29H41N3O5/c1-28(2,3)36-26(33)31-15-13-21(14-16-31)35-25-12-11-24(22-9-7-8-10-23(22)25)30-17-19-32(20-18-30)27(34)37-29(4,5)6/h7-12,21H,13-20H2,1-6H3. The molecule has 2 saturated heterocycles. The van der Waals surface area contributed by atoms with Gasteiger partial charge in [-0.15, -0.1) is 0 Å². The molecule has 2 aliphatic rings. The Labute approximate surface area is 220 Å². The van der Waals surface area contributed by atoms with Crippen LogP contribution in [-0.2, 0) is 9.47 Å². The summed E-state index contributed by atoms with van der Waals surface area (Å²) >= 11 is 0. The van der Waals surface area contributed by atoms with Crippen LogP contribution in [0, 0.1) is 0 Å². The molecule has 0 radical (unpaired) electrons. The highest BCUT2D eigenvalue weighted by Crippen LogP contribution is 2.35. The normalized spacial score (nSPS) is 17.6. The number of ether oxygens (including phenoxy) is 3. The third-order valence-electron chi connectivity index (χ3n) is 6.52. The number of fused-ring (bicyclic) bond motifs is 1. The van der Waals surface area contributed by atoms with Crippen LogP contribution in [0.1, 0.15) is 54.4 Å². The van der Waals surface area contributed by atoms with Crippen molar-refractivity contribution in [2.75, 3.05) is 44.2 Å². The van der Waals surface area contributed by atoms with Crippen molar-refractivity contribution >= 4 is 28.6 Å². The van der Waals surface area contributed by atoms with E-state index in [-0.39, 0.29) is 18.3 Å². The highest BCUT2D eigenvalue weighted by molar-refractivity contribution is 5.98. The van der Waals surface area contributed by atoms with Gasteiger partial charge in [0.05, 0.1) is 0 Å². The highest BCUT2D eigenvalue weighted by Gasteiger charge is 2.29. The number of nitrogens with zero attached hydrogens (tertiary/aromatic N) is 3. The van der Waals surface area contributed by atoms with Crippen molar-refractivity contribution in [1.82, 2.24) is 9.80 Å². The van der Waals surface area contributed by atoms with Crippen molar-refractivity contribution in [1.29, 1.82) is 0 Å². The van der Waals surface area contributed by atoms with Crippen LogP contribution < -0.4 is 9.64 Å². The van der Waals surface area contributed by atoms with Gasteiger partial charge in [-0.25, -0.2) is 9.59 Å². The topological polar surface area (TPSA) is 71.5 Å². The fourth-order valence-electron chi connectivity index (χ4n) is 4.75. The lowest BCUT2D eigenvalue weighted by molar-refractivity contribution is 0.0127. The number of hydrogen-bond donors (Lipinski definition) is 0. The second kappa shape index (κ2) is 10.7. The van der Waals surface area contributed by atoms with Gasteiger partial charge in [-0.1, -0.05) is 24.3 Å². The van der Waals surface area contributed by atoms with Gasteiger partial charge in [0, 0.05) is 68.6 Å². The summed E-state index contributed by atoms with van der Waals surface area (Å²) in [6.45, 7) is 15.3. The Morgan fingerprint density at radius 1 is 0.703 bits per heavy atom. The molecule has 2 heterocycles. The number of likely N-dealkylation sites (tertiary alicyclic amines) is 1. The third kappa shape index (κ3) is 6.99. The molecule has 0 spiro atoms. The number of benzene rings is 2. The lowest BCUT2D eigenvalue weighted by Crippen LogP contribution is -2.50. The molecular weight excluding hydrogens is 470 g/mol. The van der Waals surface area contributed by atoms with Crippen LogP contribution in [0.2, 0.25) is 0 Å². The lowest BCUT2D eigenvalue weighted by Gasteiger charge is -2.37. The van der Waals surface area contributed by atoms with E-state index in [1.54, 1.807) is 9.80 Å². The predicted octanol–water partition coefficient (Wildman–Crippen LogP) is 5.68. The van der Waals surface area contributed by atoms with Gasteiger partial charge in [0.2, 0.25) is 0 Å². The number of carbonyl (C=O) groups excluding carboxylic acids is 2. The molecule has 8 heteroatoms. The molecule has 2 aliphatic heterocycles. The Hall–Kier alpha value is -3.16. The molecule has 4 rings (SSSR count). The van der Waals surface area contributed by atoms with E-state index in [2.05, 4.69) is 29.2 Å². The number of carbonyl (C=O) groups is 2. The monoisotopic (exact) mass is 511 g/mol. The van der Waals surface area contributed by atoms with E-state index in [1.165, 1.54) is 0 Å². The number of anilines is 1. The maximum absolute atomic E-state index is 12.5. The first-order chi connectivity index (χ1) is 17.4. The summed E-state index contributed by atoms with van der Waals surface area (Å²) in [6.07, 6.45) is 1.07. The maximum atomic E-state index is 12.5. The predicted molar refractivity (Wildman–Crippen MR) is 145 cm³/mol. The number of piperazine rings is 1. The molecule has 0 atom stereocenters. The number of piperidine rings is 1. The van der Waals surface area contributed by atoms with E-state index in [1.807, 2.05) is 53.7 Å². The molecule has 0 saturated carbocycles. The van der Waals surface area contributed by atoms with Crippen molar-refractivity contribution in [3.63, 3.8) is 0 Å². The zero-order valence-corrected chi connectivity index (χ0v) is 23.1. The molecule has 0 bridgehead atoms. The average molecular weight is 512 g/mol. The van der Waals surface area contributed by atoms with Gasteiger partial charge in [-0.2, -0.15) is 0 Å². The molecular formula is C29H41N3O5. The Kier molecular flexibility index (Phi) is 7.76. The number of rotatable bonds is 3. The summed E-state index contributed by atoms with van der Waals surface area (Å²) in [7, 11) is 0. The molecule has 37 heavy (non-hydrogen) atoms. The summed E-state index contributed by atoms with van der Waals surface area (Å²) in [4.78, 5) is 30.7. The zero-order chi connectivity index (χ0) is 26.8. The highest BCUT2D eigenvalue weighted by atomic mass is 16.6. The molecule has 202 valence electrons. The Balaban J connectivity index is 1.40. The Morgan fingerprint density at radius 3 is 1.76 bits per heavy atom. The van der Waals surface area contributed by atoms with E-state index in [4.69, 9.17) is 14.2 Å². The molecule has 2 aromatic carbocycles. The number of hydrogen-bond acceptors (Lipinski definition) is 6. The van der Waals surface area contributed by atoms with Crippen molar-refractivity contribution in [3.8, 4) is 5.75 Å². The molecule has 2 amide bonds. The smallest absolute Gasteiger partial charge is 0.410 e. The van der Waals surface area contributed by atoms with Gasteiger partial charge in [0.1, 0.15) is 23.1 Å². The van der Waals surface area contributed by atoms with Crippen molar-refractivity contribution in [2.45, 2.75) is 71.7 Å². The van der Waals surface area contributed by atoms with Gasteiger partial charge in [-0.3, -0.25) is 0 Å². The molecule has 0 unspecified atom stereocenters. The quantitative estimate of drug-likeness (QED) is 0.528. The summed E-state index contributed by atoms with van der Waals surface area (Å²) < 4.78 is 17.5. The molecule has 2 fully saturated rings. The third-order valence-corrected chi connectivity index (χ3v) is 6.52.